The highest BCUT2D eigenvalue weighted by Crippen LogP contribution is 2.25. The van der Waals surface area contributed by atoms with Crippen molar-refractivity contribution in [3.63, 3.8) is 0 Å². The van der Waals surface area contributed by atoms with Gasteiger partial charge in [-0.15, -0.1) is 0 Å². The van der Waals surface area contributed by atoms with Crippen LogP contribution < -0.4 is 4.74 Å². The molecule has 1 aromatic heterocycles. The van der Waals surface area contributed by atoms with E-state index in [0.29, 0.717) is 11.4 Å². The Bertz CT molecular complexity index is 937. The standard InChI is InChI=1S/C23H25N3O2/c1-4-17(5-2)23(27)28-21-14-12-20(13-15-21)25-24-19-10-8-18(9-11-19)22-7-6-16-26(22)3/h6-17H,4-5H2,1-3H3/b25-24+. The van der Waals surface area contributed by atoms with Crippen molar-refractivity contribution < 1.29 is 9.53 Å². The second kappa shape index (κ2) is 9.13. The van der Waals surface area contributed by atoms with Crippen LogP contribution in [0.5, 0.6) is 5.75 Å². The Labute approximate surface area is 165 Å². The van der Waals surface area contributed by atoms with Gasteiger partial charge in [-0.1, -0.05) is 26.0 Å². The average Bonchev–Trinajstić information content (AvgIpc) is 3.15. The van der Waals surface area contributed by atoms with Gasteiger partial charge in [-0.25, -0.2) is 0 Å². The van der Waals surface area contributed by atoms with Gasteiger partial charge in [0.25, 0.3) is 0 Å². The molecule has 0 aliphatic carbocycles. The Balaban J connectivity index is 1.63. The predicted molar refractivity (Wildman–Crippen MR) is 111 cm³/mol. The smallest absolute Gasteiger partial charge is 0.314 e. The zero-order valence-electron chi connectivity index (χ0n) is 16.5. The molecular weight excluding hydrogens is 350 g/mol. The van der Waals surface area contributed by atoms with E-state index in [0.717, 1.165) is 29.8 Å². The average molecular weight is 375 g/mol. The van der Waals surface area contributed by atoms with E-state index in [1.807, 2.05) is 57.4 Å². The van der Waals surface area contributed by atoms with E-state index in [4.69, 9.17) is 4.74 Å². The van der Waals surface area contributed by atoms with Crippen LogP contribution in [0.4, 0.5) is 11.4 Å². The lowest BCUT2D eigenvalue weighted by Gasteiger charge is -2.11. The van der Waals surface area contributed by atoms with E-state index in [1.165, 1.54) is 0 Å². The largest absolute Gasteiger partial charge is 0.426 e. The van der Waals surface area contributed by atoms with Crippen molar-refractivity contribution in [1.82, 2.24) is 4.57 Å². The van der Waals surface area contributed by atoms with Gasteiger partial charge in [0.2, 0.25) is 0 Å². The van der Waals surface area contributed by atoms with Gasteiger partial charge >= 0.3 is 5.97 Å². The molecule has 3 rings (SSSR count). The van der Waals surface area contributed by atoms with Gasteiger partial charge in [0.1, 0.15) is 5.75 Å². The number of carbonyl (C=O) groups is 1. The molecule has 0 radical (unpaired) electrons. The van der Waals surface area contributed by atoms with E-state index >= 15 is 0 Å². The molecule has 0 bridgehead atoms. The Morgan fingerprint density at radius 2 is 1.50 bits per heavy atom. The summed E-state index contributed by atoms with van der Waals surface area (Å²) in [5.74, 6) is 0.290. The molecule has 0 atom stereocenters. The second-order valence-corrected chi connectivity index (χ2v) is 6.68. The third-order valence-corrected chi connectivity index (χ3v) is 4.76. The van der Waals surface area contributed by atoms with Gasteiger partial charge in [-0.3, -0.25) is 4.79 Å². The molecule has 28 heavy (non-hydrogen) atoms. The molecule has 2 aromatic carbocycles. The Kier molecular flexibility index (Phi) is 6.37. The summed E-state index contributed by atoms with van der Waals surface area (Å²) in [4.78, 5) is 12.0. The lowest BCUT2D eigenvalue weighted by Crippen LogP contribution is -2.19. The van der Waals surface area contributed by atoms with Crippen molar-refractivity contribution in [2.45, 2.75) is 26.7 Å². The van der Waals surface area contributed by atoms with Gasteiger partial charge in [-0.05, 0) is 66.9 Å². The summed E-state index contributed by atoms with van der Waals surface area (Å²) < 4.78 is 7.50. The van der Waals surface area contributed by atoms with E-state index in [-0.39, 0.29) is 11.9 Å². The van der Waals surface area contributed by atoms with Crippen LogP contribution in [0.3, 0.4) is 0 Å². The molecule has 0 unspecified atom stereocenters. The maximum Gasteiger partial charge on any atom is 0.314 e. The first kappa shape index (κ1) is 19.5. The van der Waals surface area contributed by atoms with Crippen molar-refractivity contribution in [3.05, 3.63) is 66.9 Å². The Morgan fingerprint density at radius 1 is 0.929 bits per heavy atom. The van der Waals surface area contributed by atoms with Crippen LogP contribution in [-0.4, -0.2) is 10.5 Å². The van der Waals surface area contributed by atoms with Crippen LogP contribution in [0.1, 0.15) is 26.7 Å². The topological polar surface area (TPSA) is 55.9 Å². The highest BCUT2D eigenvalue weighted by atomic mass is 16.5. The van der Waals surface area contributed by atoms with E-state index in [1.54, 1.807) is 24.3 Å². The minimum atomic E-state index is -0.183. The lowest BCUT2D eigenvalue weighted by molar-refractivity contribution is -0.139. The molecule has 0 N–H and O–H groups in total. The fraction of sp³-hybridized carbons (Fsp3) is 0.261. The molecule has 144 valence electrons. The van der Waals surface area contributed by atoms with Crippen molar-refractivity contribution >= 4 is 17.3 Å². The van der Waals surface area contributed by atoms with Crippen LogP contribution in [0.15, 0.2) is 77.1 Å². The molecule has 0 amide bonds. The van der Waals surface area contributed by atoms with Crippen molar-refractivity contribution in [2.75, 3.05) is 0 Å². The summed E-state index contributed by atoms with van der Waals surface area (Å²) in [6.45, 7) is 3.98. The lowest BCUT2D eigenvalue weighted by atomic mass is 10.0. The van der Waals surface area contributed by atoms with Crippen LogP contribution >= 0.6 is 0 Å². The molecule has 0 spiro atoms. The van der Waals surface area contributed by atoms with Crippen molar-refractivity contribution in [2.24, 2.45) is 23.2 Å². The summed E-state index contributed by atoms with van der Waals surface area (Å²) in [7, 11) is 2.02. The number of esters is 1. The first-order chi connectivity index (χ1) is 13.6. The molecule has 0 aliphatic rings. The molecule has 5 nitrogen and oxygen atoms in total. The maximum absolute atomic E-state index is 12.0. The van der Waals surface area contributed by atoms with Crippen molar-refractivity contribution in [1.29, 1.82) is 0 Å². The number of rotatable bonds is 7. The van der Waals surface area contributed by atoms with Crippen molar-refractivity contribution in [3.8, 4) is 17.0 Å². The Hall–Kier alpha value is -3.21. The maximum atomic E-state index is 12.0. The zero-order valence-corrected chi connectivity index (χ0v) is 16.5. The monoisotopic (exact) mass is 375 g/mol. The summed E-state index contributed by atoms with van der Waals surface area (Å²) in [5, 5.41) is 8.53. The van der Waals surface area contributed by atoms with Crippen LogP contribution in [-0.2, 0) is 11.8 Å². The number of hydrogen-bond donors (Lipinski definition) is 0. The Morgan fingerprint density at radius 3 is 2.00 bits per heavy atom. The molecule has 3 aromatic rings. The first-order valence-electron chi connectivity index (χ1n) is 9.56. The number of benzene rings is 2. The third kappa shape index (κ3) is 4.74. The number of azo groups is 1. The fourth-order valence-electron chi connectivity index (χ4n) is 2.98. The van der Waals surface area contributed by atoms with Gasteiger partial charge < -0.3 is 9.30 Å². The number of aromatic nitrogens is 1. The molecule has 0 saturated heterocycles. The predicted octanol–water partition coefficient (Wildman–Crippen LogP) is 6.45. The highest BCUT2D eigenvalue weighted by molar-refractivity contribution is 5.75. The van der Waals surface area contributed by atoms with Crippen LogP contribution in [0, 0.1) is 5.92 Å². The summed E-state index contributed by atoms with van der Waals surface area (Å²) in [6, 6.07) is 19.1. The van der Waals surface area contributed by atoms with Crippen LogP contribution in [0.25, 0.3) is 11.3 Å². The van der Waals surface area contributed by atoms with Crippen LogP contribution in [0.2, 0.25) is 0 Å². The number of hydrogen-bond acceptors (Lipinski definition) is 4. The minimum absolute atomic E-state index is 0.0575. The van der Waals surface area contributed by atoms with E-state index in [9.17, 15) is 4.79 Å². The van der Waals surface area contributed by atoms with Gasteiger partial charge in [0.15, 0.2) is 0 Å². The minimum Gasteiger partial charge on any atom is -0.426 e. The number of ether oxygens (including phenoxy) is 1. The zero-order chi connectivity index (χ0) is 19.9. The normalized spacial score (nSPS) is 11.3. The summed E-state index contributed by atoms with van der Waals surface area (Å²) in [5.41, 5.74) is 3.77. The number of nitrogens with zero attached hydrogens (tertiary/aromatic N) is 3. The molecule has 5 heteroatoms. The van der Waals surface area contributed by atoms with Gasteiger partial charge in [0.05, 0.1) is 17.3 Å². The number of aryl methyl sites for hydroxylation is 1. The molecular formula is C23H25N3O2. The quantitative estimate of drug-likeness (QED) is 0.271. The molecule has 0 aliphatic heterocycles. The van der Waals surface area contributed by atoms with Gasteiger partial charge in [0, 0.05) is 18.9 Å². The molecule has 0 saturated carbocycles. The van der Waals surface area contributed by atoms with Gasteiger partial charge in [-0.2, -0.15) is 10.2 Å². The fourth-order valence-corrected chi connectivity index (χ4v) is 2.98. The first-order valence-corrected chi connectivity index (χ1v) is 9.56. The third-order valence-electron chi connectivity index (χ3n) is 4.76. The van der Waals surface area contributed by atoms with E-state index < -0.39 is 0 Å². The second-order valence-electron chi connectivity index (χ2n) is 6.68. The molecule has 0 fully saturated rings. The van der Waals surface area contributed by atoms with E-state index in [2.05, 4.69) is 20.9 Å². The summed E-state index contributed by atoms with van der Waals surface area (Å²) >= 11 is 0. The molecule has 1 heterocycles. The highest BCUT2D eigenvalue weighted by Gasteiger charge is 2.16. The SMILES string of the molecule is CCC(CC)C(=O)Oc1ccc(/N=N/c2ccc(-c3cccn3C)cc2)cc1. The number of carbonyl (C=O) groups excluding carboxylic acids is 1. The summed E-state index contributed by atoms with van der Waals surface area (Å²) in [6.07, 6.45) is 3.59.